The quantitative estimate of drug-likeness (QED) is 0.887. The van der Waals surface area contributed by atoms with Gasteiger partial charge in [-0.1, -0.05) is 12.1 Å². The summed E-state index contributed by atoms with van der Waals surface area (Å²) in [5, 5.41) is 3.62. The van der Waals surface area contributed by atoms with Crippen molar-refractivity contribution in [3.63, 3.8) is 0 Å². The number of hydrogen-bond acceptors (Lipinski definition) is 3. The number of piperazine rings is 1. The van der Waals surface area contributed by atoms with Crippen LogP contribution in [0, 0.1) is 0 Å². The number of nitrogens with one attached hydrogen (secondary N) is 1. The van der Waals surface area contributed by atoms with E-state index in [0.717, 1.165) is 16.5 Å². The van der Waals surface area contributed by atoms with Crippen molar-refractivity contribution in [3.05, 3.63) is 42.1 Å². The Balaban J connectivity index is 1.88. The summed E-state index contributed by atoms with van der Waals surface area (Å²) in [6, 6.07) is 9.33. The Morgan fingerprint density at radius 1 is 1.35 bits per heavy atom. The van der Waals surface area contributed by atoms with Crippen molar-refractivity contribution in [2.24, 2.45) is 0 Å². The summed E-state index contributed by atoms with van der Waals surface area (Å²) in [5.74, 6) is -0.157. The zero-order valence-corrected chi connectivity index (χ0v) is 11.2. The monoisotopic (exact) mass is 269 g/mol. The Morgan fingerprint density at radius 2 is 2.20 bits per heavy atom. The van der Waals surface area contributed by atoms with Crippen molar-refractivity contribution in [3.8, 4) is 0 Å². The number of carbonyl (C=O) groups excluding carboxylic acids is 2. The minimum atomic E-state index is -0.430. The first-order chi connectivity index (χ1) is 9.65. The second-order valence-electron chi connectivity index (χ2n) is 4.95. The van der Waals surface area contributed by atoms with Gasteiger partial charge in [-0.15, -0.1) is 0 Å². The van der Waals surface area contributed by atoms with E-state index in [1.807, 2.05) is 30.3 Å². The van der Waals surface area contributed by atoms with Gasteiger partial charge in [0.05, 0.1) is 12.1 Å². The smallest absolute Gasteiger partial charge is 0.242 e. The van der Waals surface area contributed by atoms with Gasteiger partial charge in [0.15, 0.2) is 0 Å². The van der Waals surface area contributed by atoms with E-state index in [0.29, 0.717) is 6.54 Å². The molecule has 1 aliphatic rings. The molecule has 1 N–H and O–H groups in total. The van der Waals surface area contributed by atoms with Crippen molar-refractivity contribution in [2.75, 3.05) is 6.54 Å². The molecule has 0 radical (unpaired) electrons. The molecule has 0 saturated carbocycles. The molecule has 2 heterocycles. The molecule has 1 atom stereocenters. The molecule has 0 spiro atoms. The number of carbonyl (C=O) groups is 2. The first-order valence-electron chi connectivity index (χ1n) is 6.56. The van der Waals surface area contributed by atoms with E-state index in [-0.39, 0.29) is 18.4 Å². The fourth-order valence-corrected chi connectivity index (χ4v) is 2.41. The van der Waals surface area contributed by atoms with Crippen LogP contribution in [0.4, 0.5) is 0 Å². The van der Waals surface area contributed by atoms with Gasteiger partial charge in [0.1, 0.15) is 6.04 Å². The first kappa shape index (κ1) is 12.6. The van der Waals surface area contributed by atoms with Crippen molar-refractivity contribution < 1.29 is 9.59 Å². The van der Waals surface area contributed by atoms with Crippen LogP contribution in [0.1, 0.15) is 12.5 Å². The Kier molecular flexibility index (Phi) is 3.10. The minimum absolute atomic E-state index is 0.0524. The molecule has 1 fully saturated rings. The van der Waals surface area contributed by atoms with Crippen LogP contribution >= 0.6 is 0 Å². The van der Waals surface area contributed by atoms with E-state index >= 15 is 0 Å². The summed E-state index contributed by atoms with van der Waals surface area (Å²) in [6.07, 6.45) is 1.75. The maximum absolute atomic E-state index is 11.9. The van der Waals surface area contributed by atoms with Crippen molar-refractivity contribution in [2.45, 2.75) is 19.5 Å². The molecule has 1 aromatic heterocycles. The topological polar surface area (TPSA) is 62.3 Å². The van der Waals surface area contributed by atoms with Gasteiger partial charge in [-0.05, 0) is 30.7 Å². The summed E-state index contributed by atoms with van der Waals surface area (Å²) in [5.41, 5.74) is 1.92. The number of hydrogen-bond donors (Lipinski definition) is 1. The molecule has 1 aliphatic heterocycles. The predicted octanol–water partition coefficient (Wildman–Crippen LogP) is 1.08. The van der Waals surface area contributed by atoms with E-state index in [4.69, 9.17) is 0 Å². The zero-order valence-electron chi connectivity index (χ0n) is 11.2. The summed E-state index contributed by atoms with van der Waals surface area (Å²) in [6.45, 7) is 2.27. The summed E-state index contributed by atoms with van der Waals surface area (Å²) in [7, 11) is 0. The van der Waals surface area contributed by atoms with Gasteiger partial charge in [-0.2, -0.15) is 0 Å². The second-order valence-corrected chi connectivity index (χ2v) is 4.95. The largest absolute Gasteiger partial charge is 0.345 e. The molecule has 20 heavy (non-hydrogen) atoms. The van der Waals surface area contributed by atoms with Crippen LogP contribution in [0.5, 0.6) is 0 Å². The number of pyridine rings is 1. The Labute approximate surface area is 116 Å². The number of nitrogens with zero attached hydrogens (tertiary/aromatic N) is 2. The average Bonchev–Trinajstić information content (AvgIpc) is 2.47. The number of rotatable bonds is 2. The van der Waals surface area contributed by atoms with E-state index in [1.165, 1.54) is 0 Å². The van der Waals surface area contributed by atoms with Crippen LogP contribution in [0.15, 0.2) is 36.5 Å². The molecular weight excluding hydrogens is 254 g/mol. The van der Waals surface area contributed by atoms with E-state index < -0.39 is 6.04 Å². The SMILES string of the molecule is CC1C(=O)NCC(=O)N1Cc1ccc2ncccc2c1. The van der Waals surface area contributed by atoms with Crippen molar-refractivity contribution >= 4 is 22.7 Å². The van der Waals surface area contributed by atoms with Gasteiger partial charge in [-0.3, -0.25) is 14.6 Å². The van der Waals surface area contributed by atoms with Gasteiger partial charge in [0, 0.05) is 18.1 Å². The molecule has 102 valence electrons. The van der Waals surface area contributed by atoms with Crippen molar-refractivity contribution in [1.29, 1.82) is 0 Å². The van der Waals surface area contributed by atoms with Crippen LogP contribution in [-0.4, -0.2) is 34.3 Å². The number of aromatic nitrogens is 1. The lowest BCUT2D eigenvalue weighted by atomic mass is 10.1. The third-order valence-electron chi connectivity index (χ3n) is 3.60. The molecule has 0 aliphatic carbocycles. The highest BCUT2D eigenvalue weighted by molar-refractivity contribution is 5.94. The maximum atomic E-state index is 11.9. The van der Waals surface area contributed by atoms with Gasteiger partial charge >= 0.3 is 0 Å². The highest BCUT2D eigenvalue weighted by atomic mass is 16.2. The van der Waals surface area contributed by atoms with E-state index in [9.17, 15) is 9.59 Å². The Bertz CT molecular complexity index is 684. The highest BCUT2D eigenvalue weighted by Gasteiger charge is 2.30. The van der Waals surface area contributed by atoms with E-state index in [2.05, 4.69) is 10.3 Å². The van der Waals surface area contributed by atoms with Crippen LogP contribution in [0.2, 0.25) is 0 Å². The lowest BCUT2D eigenvalue weighted by Crippen LogP contribution is -2.56. The fraction of sp³-hybridized carbons (Fsp3) is 0.267. The average molecular weight is 269 g/mol. The molecule has 0 bridgehead atoms. The van der Waals surface area contributed by atoms with Crippen LogP contribution in [0.25, 0.3) is 10.9 Å². The summed E-state index contributed by atoms with van der Waals surface area (Å²) >= 11 is 0. The van der Waals surface area contributed by atoms with Crippen LogP contribution in [0.3, 0.4) is 0 Å². The number of benzene rings is 1. The van der Waals surface area contributed by atoms with Gasteiger partial charge in [-0.25, -0.2) is 0 Å². The van der Waals surface area contributed by atoms with E-state index in [1.54, 1.807) is 18.0 Å². The normalized spacial score (nSPS) is 19.2. The fourth-order valence-electron chi connectivity index (χ4n) is 2.41. The zero-order chi connectivity index (χ0) is 14.1. The molecule has 2 aromatic rings. The molecule has 5 nitrogen and oxygen atoms in total. The Morgan fingerprint density at radius 3 is 3.05 bits per heavy atom. The van der Waals surface area contributed by atoms with Crippen molar-refractivity contribution in [1.82, 2.24) is 15.2 Å². The highest BCUT2D eigenvalue weighted by Crippen LogP contribution is 2.17. The van der Waals surface area contributed by atoms with Gasteiger partial charge < -0.3 is 10.2 Å². The third-order valence-corrected chi connectivity index (χ3v) is 3.60. The van der Waals surface area contributed by atoms with Gasteiger partial charge in [0.25, 0.3) is 0 Å². The molecule has 5 heteroatoms. The first-order valence-corrected chi connectivity index (χ1v) is 6.56. The minimum Gasteiger partial charge on any atom is -0.345 e. The molecule has 1 saturated heterocycles. The van der Waals surface area contributed by atoms with Crippen LogP contribution < -0.4 is 5.32 Å². The van der Waals surface area contributed by atoms with Gasteiger partial charge in [0.2, 0.25) is 11.8 Å². The molecule has 3 rings (SSSR count). The Hall–Kier alpha value is -2.43. The van der Waals surface area contributed by atoms with Crippen LogP contribution in [-0.2, 0) is 16.1 Å². The lowest BCUT2D eigenvalue weighted by Gasteiger charge is -2.32. The number of fused-ring (bicyclic) bond motifs is 1. The maximum Gasteiger partial charge on any atom is 0.242 e. The summed E-state index contributed by atoms with van der Waals surface area (Å²) in [4.78, 5) is 29.4. The summed E-state index contributed by atoms with van der Waals surface area (Å²) < 4.78 is 0. The molecule has 2 amide bonds. The standard InChI is InChI=1S/C15H15N3O2/c1-10-15(20)17-8-14(19)18(10)9-11-4-5-13-12(7-11)3-2-6-16-13/h2-7,10H,8-9H2,1H3,(H,17,20). The molecule has 1 unspecified atom stereocenters. The molecular formula is C15H15N3O2. The number of amides is 2. The molecule has 1 aromatic carbocycles. The second kappa shape index (κ2) is 4.92. The lowest BCUT2D eigenvalue weighted by molar-refractivity contribution is -0.145. The third kappa shape index (κ3) is 2.22. The predicted molar refractivity (Wildman–Crippen MR) is 74.8 cm³/mol.